The van der Waals surface area contributed by atoms with Gasteiger partial charge in [-0.3, -0.25) is 0 Å². The summed E-state index contributed by atoms with van der Waals surface area (Å²) in [6.45, 7) is 17.6. The molecular formula is C41H55NSiTi. The summed E-state index contributed by atoms with van der Waals surface area (Å²) in [4.78, 5) is 0. The Hall–Kier alpha value is -1.97. The number of nitrogens with one attached hydrogen (secondary N) is 1. The average Bonchev–Trinajstić information content (AvgIpc) is 3.14. The monoisotopic (exact) mass is 637 g/mol. The molecular weight excluding hydrogens is 582 g/mol. The van der Waals surface area contributed by atoms with Crippen LogP contribution in [0.1, 0.15) is 87.0 Å². The van der Waals surface area contributed by atoms with Crippen LogP contribution in [0.15, 0.2) is 112 Å². The Kier molecular flexibility index (Phi) is 8.49. The van der Waals surface area contributed by atoms with Gasteiger partial charge in [-0.1, -0.05) is 60.7 Å². The first-order chi connectivity index (χ1) is 20.8. The van der Waals surface area contributed by atoms with Gasteiger partial charge in [0.2, 0.25) is 0 Å². The molecule has 2 atom stereocenters. The third-order valence-corrected chi connectivity index (χ3v) is 25.8. The molecule has 1 N–H and O–H groups in total. The third kappa shape index (κ3) is 6.22. The predicted octanol–water partition coefficient (Wildman–Crippen LogP) is 9.86. The SMILES string of the molecule is CC1=C(C)C(C)[C]([Ti]([CH3])([NH]C23CC4(C)CC(C)(CC(C)(C4)C2)C3)[SiH2]c2ccccc2)=C1C.c1ccc(-c2ccccc2)cc1. The van der Waals surface area contributed by atoms with E-state index in [1.807, 2.05) is 16.0 Å². The fourth-order valence-corrected chi connectivity index (χ4v) is 29.3. The van der Waals surface area contributed by atoms with Crippen LogP contribution >= 0.6 is 0 Å². The van der Waals surface area contributed by atoms with Gasteiger partial charge in [0.25, 0.3) is 0 Å². The van der Waals surface area contributed by atoms with Gasteiger partial charge >= 0.3 is 203 Å². The van der Waals surface area contributed by atoms with Gasteiger partial charge in [-0.15, -0.1) is 0 Å². The van der Waals surface area contributed by atoms with Crippen molar-refractivity contribution in [2.75, 3.05) is 0 Å². The normalized spacial score (nSPS) is 34.0. The van der Waals surface area contributed by atoms with E-state index in [4.69, 9.17) is 3.80 Å². The van der Waals surface area contributed by atoms with E-state index in [0.717, 1.165) is 0 Å². The second kappa shape index (κ2) is 11.7. The summed E-state index contributed by atoms with van der Waals surface area (Å²) in [6.07, 6.45) is 8.62. The zero-order valence-corrected chi connectivity index (χ0v) is 31.7. The standard InChI is InChI=1S/C13H22N.C12H10.C9H13.C6H7Si.CH3.Ti/c1-10-4-11(2)6-12(3,5-10)9-13(14,7-10)8-11;1-3-7-11(8-4-1)12-9-5-2-6-10-12;1-6-5-7(2)9(4)8(6)3;7-6-4-2-1-3-5-6;;/h14H,4-9H2,1-3H3;1-10H;6H,1-4H3;1-5H,7H2;1H3;/q-1;;;;;+1. The number of allylic oxidation sites excluding steroid dienone is 4. The van der Waals surface area contributed by atoms with E-state index in [-0.39, 0.29) is 7.39 Å². The fraction of sp³-hybridized carbons (Fsp3) is 0.463. The van der Waals surface area contributed by atoms with Crippen molar-refractivity contribution in [1.82, 2.24) is 3.80 Å². The molecule has 0 radical (unpaired) electrons. The van der Waals surface area contributed by atoms with Crippen LogP contribution in [0, 0.1) is 22.2 Å². The summed E-state index contributed by atoms with van der Waals surface area (Å²) in [6, 6.07) is 32.4. The van der Waals surface area contributed by atoms with E-state index in [0.29, 0.717) is 27.7 Å². The zero-order chi connectivity index (χ0) is 31.4. The Balaban J connectivity index is 0.000000238. The van der Waals surface area contributed by atoms with Crippen molar-refractivity contribution in [2.24, 2.45) is 22.2 Å². The third-order valence-electron chi connectivity index (χ3n) is 11.9. The van der Waals surface area contributed by atoms with E-state index >= 15 is 0 Å². The maximum absolute atomic E-state index is 4.77. The van der Waals surface area contributed by atoms with E-state index in [1.165, 1.54) is 49.7 Å². The van der Waals surface area contributed by atoms with Crippen molar-refractivity contribution >= 4 is 12.6 Å². The molecule has 5 aliphatic carbocycles. The molecule has 1 nitrogen and oxygen atoms in total. The van der Waals surface area contributed by atoms with Crippen LogP contribution < -0.4 is 8.99 Å². The molecule has 0 aromatic heterocycles. The molecule has 0 amide bonds. The van der Waals surface area contributed by atoms with Crippen LogP contribution in [0.3, 0.4) is 0 Å². The second-order valence-electron chi connectivity index (χ2n) is 16.7. The number of rotatable bonds is 6. The van der Waals surface area contributed by atoms with E-state index in [9.17, 15) is 0 Å². The molecule has 3 aromatic carbocycles. The molecule has 3 heteroatoms. The van der Waals surface area contributed by atoms with E-state index in [1.54, 1.807) is 21.9 Å². The molecule has 8 rings (SSSR count). The quantitative estimate of drug-likeness (QED) is 0.265. The van der Waals surface area contributed by atoms with Gasteiger partial charge < -0.3 is 0 Å². The van der Waals surface area contributed by atoms with Crippen molar-refractivity contribution in [3.05, 3.63) is 112 Å². The van der Waals surface area contributed by atoms with Crippen LogP contribution in [-0.4, -0.2) is 12.9 Å². The molecule has 44 heavy (non-hydrogen) atoms. The Morgan fingerprint density at radius 1 is 0.614 bits per heavy atom. The minimum atomic E-state index is -2.50. The summed E-state index contributed by atoms with van der Waals surface area (Å²) in [5, 5.41) is 4.46. The Morgan fingerprint density at radius 2 is 1.02 bits per heavy atom. The molecule has 4 bridgehead atoms. The van der Waals surface area contributed by atoms with E-state index < -0.39 is 16.1 Å². The van der Waals surface area contributed by atoms with E-state index in [2.05, 4.69) is 133 Å². The molecule has 2 unspecified atom stereocenters. The van der Waals surface area contributed by atoms with Crippen molar-refractivity contribution < 1.29 is 16.1 Å². The summed E-state index contributed by atoms with van der Waals surface area (Å²) in [5.74, 6) is 0.638. The first-order valence-electron chi connectivity index (χ1n) is 17.1. The maximum atomic E-state index is 4.77. The molecule has 3 aromatic rings. The number of hydrogen-bond acceptors (Lipinski definition) is 1. The maximum Gasteiger partial charge on any atom is -0.0184 e. The smallest absolute Gasteiger partial charge is 0.0184 e. The molecule has 4 saturated carbocycles. The second-order valence-corrected chi connectivity index (χ2v) is 30.7. The first kappa shape index (κ1) is 32.0. The van der Waals surface area contributed by atoms with Gasteiger partial charge in [-0.25, -0.2) is 0 Å². The van der Waals surface area contributed by atoms with Gasteiger partial charge in [0.1, 0.15) is 0 Å². The molecule has 4 fully saturated rings. The summed E-state index contributed by atoms with van der Waals surface area (Å²) in [5.41, 5.74) is 9.42. The average molecular weight is 638 g/mol. The van der Waals surface area contributed by atoms with Crippen LogP contribution in [-0.2, 0) is 16.1 Å². The van der Waals surface area contributed by atoms with Crippen molar-refractivity contribution in [3.63, 3.8) is 0 Å². The van der Waals surface area contributed by atoms with Crippen molar-refractivity contribution in [3.8, 4) is 11.1 Å². The van der Waals surface area contributed by atoms with Gasteiger partial charge in [-0.2, -0.15) is 0 Å². The van der Waals surface area contributed by atoms with Gasteiger partial charge in [-0.05, 0) is 11.1 Å². The number of hydrogen-bond donors (Lipinski definition) is 1. The van der Waals surface area contributed by atoms with Crippen LogP contribution in [0.2, 0.25) is 5.23 Å². The minimum absolute atomic E-state index is 0.376. The molecule has 0 saturated heterocycles. The zero-order valence-electron chi connectivity index (χ0n) is 28.7. The van der Waals surface area contributed by atoms with Crippen LogP contribution in [0.5, 0.6) is 0 Å². The number of benzene rings is 3. The van der Waals surface area contributed by atoms with Crippen LogP contribution in [0.4, 0.5) is 0 Å². The molecule has 0 heterocycles. The Bertz CT molecular complexity index is 1470. The molecule has 0 aliphatic heterocycles. The summed E-state index contributed by atoms with van der Waals surface area (Å²) < 4.78 is 6.67. The van der Waals surface area contributed by atoms with Crippen molar-refractivity contribution in [2.45, 2.75) is 97.8 Å². The van der Waals surface area contributed by atoms with Crippen LogP contribution in [0.25, 0.3) is 11.1 Å². The molecule has 5 aliphatic rings. The predicted molar refractivity (Wildman–Crippen MR) is 190 cm³/mol. The van der Waals surface area contributed by atoms with Gasteiger partial charge in [0.05, 0.1) is 0 Å². The molecule has 0 spiro atoms. The largest absolute Gasteiger partial charge is 0.0622 e. The summed E-state index contributed by atoms with van der Waals surface area (Å²) in [7, 11) is -0.384. The first-order valence-corrected chi connectivity index (χ1v) is 24.9. The minimum Gasteiger partial charge on any atom is -0.0622 e. The Labute approximate surface area is 273 Å². The molecule has 232 valence electrons. The Morgan fingerprint density at radius 3 is 1.41 bits per heavy atom. The van der Waals surface area contributed by atoms with Gasteiger partial charge in [0, 0.05) is 0 Å². The fourth-order valence-electron chi connectivity index (χ4n) is 11.7. The topological polar surface area (TPSA) is 12.0 Å². The van der Waals surface area contributed by atoms with Crippen molar-refractivity contribution in [1.29, 1.82) is 0 Å². The van der Waals surface area contributed by atoms with Gasteiger partial charge in [0.15, 0.2) is 0 Å². The summed E-state index contributed by atoms with van der Waals surface area (Å²) >= 11 is -2.50.